The summed E-state index contributed by atoms with van der Waals surface area (Å²) in [6, 6.07) is 9.32. The summed E-state index contributed by atoms with van der Waals surface area (Å²) in [5.41, 5.74) is 7.34. The summed E-state index contributed by atoms with van der Waals surface area (Å²) < 4.78 is 6.25. The highest BCUT2D eigenvalue weighted by Gasteiger charge is 2.25. The maximum absolute atomic E-state index is 12.7. The molecule has 0 saturated carbocycles. The van der Waals surface area contributed by atoms with Crippen LogP contribution < -0.4 is 5.73 Å². The molecule has 0 aliphatic heterocycles. The van der Waals surface area contributed by atoms with Crippen molar-refractivity contribution in [2.24, 2.45) is 0 Å². The van der Waals surface area contributed by atoms with Crippen LogP contribution in [0.3, 0.4) is 0 Å². The zero-order chi connectivity index (χ0) is 15.7. The predicted octanol–water partition coefficient (Wildman–Crippen LogP) is 2.23. The van der Waals surface area contributed by atoms with Crippen LogP contribution in [0.4, 0.5) is 5.95 Å². The fraction of sp³-hybridized carbons (Fsp3) is 0.143. The van der Waals surface area contributed by atoms with E-state index in [1.54, 1.807) is 6.92 Å². The highest BCUT2D eigenvalue weighted by Crippen LogP contribution is 2.26. The van der Waals surface area contributed by atoms with E-state index in [-0.39, 0.29) is 5.95 Å². The Morgan fingerprint density at radius 1 is 1.32 bits per heavy atom. The van der Waals surface area contributed by atoms with E-state index in [4.69, 9.17) is 10.3 Å². The number of nitrogens with zero attached hydrogens (tertiary/aromatic N) is 4. The highest BCUT2D eigenvalue weighted by atomic mass is 32.2. The monoisotopic (exact) mass is 315 g/mol. The molecule has 1 aromatic carbocycles. The summed E-state index contributed by atoms with van der Waals surface area (Å²) in [4.78, 5) is 16.8. The van der Waals surface area contributed by atoms with Gasteiger partial charge in [-0.3, -0.25) is 4.79 Å². The van der Waals surface area contributed by atoms with Gasteiger partial charge in [-0.05, 0) is 13.2 Å². The molecule has 0 amide bonds. The summed E-state index contributed by atoms with van der Waals surface area (Å²) >= 11 is 1.31. The molecule has 7 nitrogen and oxygen atoms in total. The Balaban J connectivity index is 2.10. The predicted molar refractivity (Wildman–Crippen MR) is 82.6 cm³/mol. The lowest BCUT2D eigenvalue weighted by molar-refractivity contribution is 0.0945. The Bertz CT molecular complexity index is 825. The van der Waals surface area contributed by atoms with E-state index in [1.807, 2.05) is 36.6 Å². The van der Waals surface area contributed by atoms with Crippen LogP contribution in [0.25, 0.3) is 11.3 Å². The molecule has 3 aromatic rings. The van der Waals surface area contributed by atoms with Crippen molar-refractivity contribution < 1.29 is 9.32 Å². The number of rotatable bonds is 3. The van der Waals surface area contributed by atoms with Gasteiger partial charge in [0, 0.05) is 5.56 Å². The first-order chi connectivity index (χ1) is 10.6. The number of carbonyl (C=O) groups is 1. The van der Waals surface area contributed by atoms with Gasteiger partial charge in [-0.2, -0.15) is 9.67 Å². The summed E-state index contributed by atoms with van der Waals surface area (Å²) in [5, 5.41) is 8.50. The standard InChI is InChI=1S/C14H13N5O2S/c1-8-10(11(18-21-8)9-6-4-3-5-7-9)12(20)19-13(15)16-14(17-19)22-2/h3-7H,1-2H3,(H2,15,16,17). The quantitative estimate of drug-likeness (QED) is 0.740. The summed E-state index contributed by atoms with van der Waals surface area (Å²) in [6.45, 7) is 1.68. The zero-order valence-electron chi connectivity index (χ0n) is 12.0. The normalized spacial score (nSPS) is 10.8. The maximum Gasteiger partial charge on any atom is 0.287 e. The van der Waals surface area contributed by atoms with Crippen molar-refractivity contribution in [3.05, 3.63) is 41.7 Å². The van der Waals surface area contributed by atoms with E-state index >= 15 is 0 Å². The SMILES string of the molecule is CSc1nc(N)n(C(=O)c2c(-c3ccccc3)noc2C)n1. The zero-order valence-corrected chi connectivity index (χ0v) is 12.8. The molecule has 112 valence electrons. The first-order valence-electron chi connectivity index (χ1n) is 6.44. The Labute approximate surface area is 130 Å². The van der Waals surface area contributed by atoms with Crippen LogP contribution in [0.15, 0.2) is 40.0 Å². The number of benzene rings is 1. The van der Waals surface area contributed by atoms with Gasteiger partial charge in [-0.1, -0.05) is 47.3 Å². The number of anilines is 1. The fourth-order valence-electron chi connectivity index (χ4n) is 2.06. The van der Waals surface area contributed by atoms with Gasteiger partial charge in [0.25, 0.3) is 5.91 Å². The molecule has 0 aliphatic carbocycles. The number of aryl methyl sites for hydroxylation is 1. The van der Waals surface area contributed by atoms with Gasteiger partial charge < -0.3 is 10.3 Å². The molecule has 8 heteroatoms. The molecule has 2 N–H and O–H groups in total. The Kier molecular flexibility index (Phi) is 3.68. The smallest absolute Gasteiger partial charge is 0.287 e. The van der Waals surface area contributed by atoms with E-state index < -0.39 is 5.91 Å². The van der Waals surface area contributed by atoms with Crippen LogP contribution in [-0.2, 0) is 0 Å². The second-order valence-electron chi connectivity index (χ2n) is 4.50. The molecule has 0 saturated heterocycles. The van der Waals surface area contributed by atoms with Crippen molar-refractivity contribution in [1.82, 2.24) is 19.9 Å². The van der Waals surface area contributed by atoms with Gasteiger partial charge in [0.2, 0.25) is 11.1 Å². The third-order valence-corrected chi connectivity index (χ3v) is 3.65. The van der Waals surface area contributed by atoms with Crippen LogP contribution in [0, 0.1) is 6.92 Å². The van der Waals surface area contributed by atoms with E-state index in [2.05, 4.69) is 15.2 Å². The fourth-order valence-corrected chi connectivity index (χ4v) is 2.41. The minimum atomic E-state index is -0.414. The minimum Gasteiger partial charge on any atom is -0.368 e. The van der Waals surface area contributed by atoms with Gasteiger partial charge >= 0.3 is 0 Å². The molecule has 0 atom stereocenters. The van der Waals surface area contributed by atoms with Gasteiger partial charge in [-0.15, -0.1) is 5.10 Å². The van der Waals surface area contributed by atoms with Crippen molar-refractivity contribution >= 4 is 23.6 Å². The maximum atomic E-state index is 12.7. The van der Waals surface area contributed by atoms with E-state index in [0.717, 1.165) is 10.2 Å². The van der Waals surface area contributed by atoms with E-state index in [1.165, 1.54) is 11.8 Å². The second kappa shape index (κ2) is 5.64. The summed E-state index contributed by atoms with van der Waals surface area (Å²) in [5.74, 6) is 0.0290. The molecular formula is C14H13N5O2S. The van der Waals surface area contributed by atoms with Gasteiger partial charge in [0.15, 0.2) is 0 Å². The van der Waals surface area contributed by atoms with Gasteiger partial charge in [-0.25, -0.2) is 0 Å². The highest BCUT2D eigenvalue weighted by molar-refractivity contribution is 7.98. The van der Waals surface area contributed by atoms with Crippen LogP contribution >= 0.6 is 11.8 Å². The van der Waals surface area contributed by atoms with Crippen LogP contribution in [0.5, 0.6) is 0 Å². The first-order valence-corrected chi connectivity index (χ1v) is 7.67. The molecule has 3 rings (SSSR count). The number of hydrogen-bond donors (Lipinski definition) is 1. The van der Waals surface area contributed by atoms with E-state index in [9.17, 15) is 4.79 Å². The lowest BCUT2D eigenvalue weighted by Crippen LogP contribution is -2.17. The average Bonchev–Trinajstić information content (AvgIpc) is 3.10. The molecule has 0 fully saturated rings. The lowest BCUT2D eigenvalue weighted by Gasteiger charge is -2.02. The van der Waals surface area contributed by atoms with Gasteiger partial charge in [0.1, 0.15) is 17.0 Å². The number of nitrogen functional groups attached to an aromatic ring is 1. The molecule has 0 radical (unpaired) electrons. The molecule has 2 heterocycles. The van der Waals surface area contributed by atoms with Crippen molar-refractivity contribution in [2.75, 3.05) is 12.0 Å². The topological polar surface area (TPSA) is 99.8 Å². The number of carbonyl (C=O) groups excluding carboxylic acids is 1. The lowest BCUT2D eigenvalue weighted by atomic mass is 10.1. The molecule has 0 bridgehead atoms. The molecular weight excluding hydrogens is 302 g/mol. The molecule has 2 aromatic heterocycles. The average molecular weight is 315 g/mol. The number of aromatic nitrogens is 4. The molecule has 0 unspecified atom stereocenters. The Hall–Kier alpha value is -2.61. The van der Waals surface area contributed by atoms with Crippen LogP contribution in [-0.4, -0.2) is 32.1 Å². The van der Waals surface area contributed by atoms with Crippen molar-refractivity contribution in [2.45, 2.75) is 12.1 Å². The molecule has 0 spiro atoms. The van der Waals surface area contributed by atoms with Crippen LogP contribution in [0.1, 0.15) is 16.1 Å². The summed E-state index contributed by atoms with van der Waals surface area (Å²) in [6.07, 6.45) is 1.81. The van der Waals surface area contributed by atoms with Crippen molar-refractivity contribution in [3.63, 3.8) is 0 Å². The Morgan fingerprint density at radius 3 is 2.68 bits per heavy atom. The third kappa shape index (κ3) is 2.37. The van der Waals surface area contributed by atoms with Gasteiger partial charge in [0.05, 0.1) is 0 Å². The van der Waals surface area contributed by atoms with Crippen molar-refractivity contribution in [3.8, 4) is 11.3 Å². The number of thioether (sulfide) groups is 1. The molecule has 22 heavy (non-hydrogen) atoms. The minimum absolute atomic E-state index is 0.0361. The molecule has 0 aliphatic rings. The number of hydrogen-bond acceptors (Lipinski definition) is 7. The van der Waals surface area contributed by atoms with Crippen LogP contribution in [0.2, 0.25) is 0 Å². The summed E-state index contributed by atoms with van der Waals surface area (Å²) in [7, 11) is 0. The van der Waals surface area contributed by atoms with E-state index in [0.29, 0.717) is 22.2 Å². The first kappa shape index (κ1) is 14.3. The largest absolute Gasteiger partial charge is 0.368 e. The number of nitrogens with two attached hydrogens (primary N) is 1. The van der Waals surface area contributed by atoms with Crippen molar-refractivity contribution in [1.29, 1.82) is 0 Å². The second-order valence-corrected chi connectivity index (χ2v) is 5.28. The Morgan fingerprint density at radius 2 is 2.05 bits per heavy atom. The third-order valence-electron chi connectivity index (χ3n) is 3.11.